The summed E-state index contributed by atoms with van der Waals surface area (Å²) in [6.45, 7) is 0.764. The van der Waals surface area contributed by atoms with Crippen molar-refractivity contribution in [2.24, 2.45) is 0 Å². The molecule has 0 radical (unpaired) electrons. The molecule has 0 spiro atoms. The van der Waals surface area contributed by atoms with E-state index in [0.29, 0.717) is 5.02 Å². The SMILES string of the molecule is Br.CNCc1ccc(O)c(Cl)c1. The second-order valence-electron chi connectivity index (χ2n) is 2.32. The van der Waals surface area contributed by atoms with E-state index in [1.165, 1.54) is 0 Å². The van der Waals surface area contributed by atoms with Crippen molar-refractivity contribution < 1.29 is 5.11 Å². The molecule has 2 N–H and O–H groups in total. The summed E-state index contributed by atoms with van der Waals surface area (Å²) in [7, 11) is 1.86. The zero-order chi connectivity index (χ0) is 8.27. The summed E-state index contributed by atoms with van der Waals surface area (Å²) in [6.07, 6.45) is 0. The first-order valence-electron chi connectivity index (χ1n) is 3.36. The molecule has 12 heavy (non-hydrogen) atoms. The van der Waals surface area contributed by atoms with Gasteiger partial charge in [-0.1, -0.05) is 17.7 Å². The highest BCUT2D eigenvalue weighted by atomic mass is 79.9. The van der Waals surface area contributed by atoms with Crippen molar-refractivity contribution in [3.8, 4) is 5.75 Å². The van der Waals surface area contributed by atoms with Crippen molar-refractivity contribution in [2.45, 2.75) is 6.54 Å². The van der Waals surface area contributed by atoms with Gasteiger partial charge in [-0.3, -0.25) is 0 Å². The van der Waals surface area contributed by atoms with Crippen molar-refractivity contribution in [3.05, 3.63) is 28.8 Å². The third-order valence-corrected chi connectivity index (χ3v) is 1.70. The van der Waals surface area contributed by atoms with Crippen molar-refractivity contribution in [2.75, 3.05) is 7.05 Å². The van der Waals surface area contributed by atoms with Gasteiger partial charge in [-0.2, -0.15) is 0 Å². The van der Waals surface area contributed by atoms with Crippen LogP contribution in [0, 0.1) is 0 Å². The van der Waals surface area contributed by atoms with Crippen LogP contribution in [0.3, 0.4) is 0 Å². The maximum absolute atomic E-state index is 9.06. The number of hydrogen-bond donors (Lipinski definition) is 2. The van der Waals surface area contributed by atoms with Gasteiger partial charge in [0.2, 0.25) is 0 Å². The molecule has 2 nitrogen and oxygen atoms in total. The molecule has 0 atom stereocenters. The van der Waals surface area contributed by atoms with Crippen molar-refractivity contribution in [3.63, 3.8) is 0 Å². The van der Waals surface area contributed by atoms with E-state index < -0.39 is 0 Å². The van der Waals surface area contributed by atoms with Crippen LogP contribution in [0.15, 0.2) is 18.2 Å². The molecule has 0 amide bonds. The second-order valence-corrected chi connectivity index (χ2v) is 2.72. The fourth-order valence-corrected chi connectivity index (χ4v) is 1.07. The van der Waals surface area contributed by atoms with Gasteiger partial charge in [-0.15, -0.1) is 17.0 Å². The lowest BCUT2D eigenvalue weighted by molar-refractivity contribution is 0.475. The van der Waals surface area contributed by atoms with E-state index >= 15 is 0 Å². The van der Waals surface area contributed by atoms with Gasteiger partial charge in [0, 0.05) is 6.54 Å². The zero-order valence-electron chi connectivity index (χ0n) is 6.67. The number of aromatic hydroxyl groups is 1. The Labute approximate surface area is 87.3 Å². The summed E-state index contributed by atoms with van der Waals surface area (Å²) in [5, 5.41) is 12.5. The minimum absolute atomic E-state index is 0. The maximum Gasteiger partial charge on any atom is 0.134 e. The zero-order valence-corrected chi connectivity index (χ0v) is 9.14. The molecule has 1 aromatic rings. The molecule has 0 aliphatic heterocycles. The number of hydrogen-bond acceptors (Lipinski definition) is 2. The van der Waals surface area contributed by atoms with Crippen molar-refractivity contribution >= 4 is 28.6 Å². The molecule has 0 unspecified atom stereocenters. The average Bonchev–Trinajstić information content (AvgIpc) is 1.98. The van der Waals surface area contributed by atoms with Crippen LogP contribution in [0.5, 0.6) is 5.75 Å². The maximum atomic E-state index is 9.06. The van der Waals surface area contributed by atoms with E-state index in [4.69, 9.17) is 16.7 Å². The Balaban J connectivity index is 0.00000121. The van der Waals surface area contributed by atoms with Crippen LogP contribution in [0.25, 0.3) is 0 Å². The fraction of sp³-hybridized carbons (Fsp3) is 0.250. The number of phenols is 1. The van der Waals surface area contributed by atoms with Gasteiger partial charge < -0.3 is 10.4 Å². The Kier molecular flexibility index (Phi) is 5.29. The van der Waals surface area contributed by atoms with Crippen LogP contribution in [0.1, 0.15) is 5.56 Å². The van der Waals surface area contributed by atoms with Gasteiger partial charge >= 0.3 is 0 Å². The first kappa shape index (κ1) is 11.8. The van der Waals surface area contributed by atoms with Gasteiger partial charge in [0.05, 0.1) is 5.02 Å². The normalized spacial score (nSPS) is 9.17. The topological polar surface area (TPSA) is 32.3 Å². The van der Waals surface area contributed by atoms with E-state index in [1.54, 1.807) is 12.1 Å². The van der Waals surface area contributed by atoms with Gasteiger partial charge in [0.25, 0.3) is 0 Å². The highest BCUT2D eigenvalue weighted by Gasteiger charge is 1.97. The van der Waals surface area contributed by atoms with Crippen molar-refractivity contribution in [1.82, 2.24) is 5.32 Å². The number of phenolic OH excluding ortho intramolecular Hbond substituents is 1. The van der Waals surface area contributed by atoms with E-state index in [-0.39, 0.29) is 22.7 Å². The van der Waals surface area contributed by atoms with Crippen LogP contribution in [0.2, 0.25) is 5.02 Å². The number of benzene rings is 1. The Morgan fingerprint density at radius 2 is 2.17 bits per heavy atom. The van der Waals surface area contributed by atoms with Crippen LogP contribution in [0.4, 0.5) is 0 Å². The summed E-state index contributed by atoms with van der Waals surface area (Å²) >= 11 is 5.67. The van der Waals surface area contributed by atoms with Gasteiger partial charge in [-0.25, -0.2) is 0 Å². The lowest BCUT2D eigenvalue weighted by Crippen LogP contribution is -2.04. The Bertz CT molecular complexity index is 255. The molecule has 1 rings (SSSR count). The Hall–Kier alpha value is -0.250. The molecule has 1 aromatic carbocycles. The molecule has 0 fully saturated rings. The summed E-state index contributed by atoms with van der Waals surface area (Å²) < 4.78 is 0. The Morgan fingerprint density at radius 1 is 1.50 bits per heavy atom. The number of halogens is 2. The molecular weight excluding hydrogens is 241 g/mol. The monoisotopic (exact) mass is 251 g/mol. The smallest absolute Gasteiger partial charge is 0.134 e. The summed E-state index contributed by atoms with van der Waals surface area (Å²) in [5.41, 5.74) is 1.07. The minimum Gasteiger partial charge on any atom is -0.506 e. The molecule has 0 aromatic heterocycles. The van der Waals surface area contributed by atoms with Crippen molar-refractivity contribution in [1.29, 1.82) is 0 Å². The summed E-state index contributed by atoms with van der Waals surface area (Å²) in [5.74, 6) is 0.131. The van der Waals surface area contributed by atoms with E-state index in [2.05, 4.69) is 5.32 Å². The Morgan fingerprint density at radius 3 is 2.67 bits per heavy atom. The predicted molar refractivity (Wildman–Crippen MR) is 56.2 cm³/mol. The third kappa shape index (κ3) is 3.01. The lowest BCUT2D eigenvalue weighted by atomic mass is 10.2. The predicted octanol–water partition coefficient (Wildman–Crippen LogP) is 2.34. The van der Waals surface area contributed by atoms with Gasteiger partial charge in [-0.05, 0) is 24.7 Å². The molecule has 0 aliphatic rings. The fourth-order valence-electron chi connectivity index (χ4n) is 0.864. The lowest BCUT2D eigenvalue weighted by Gasteiger charge is -2.01. The van der Waals surface area contributed by atoms with E-state index in [0.717, 1.165) is 12.1 Å². The molecule has 0 saturated carbocycles. The molecule has 0 bridgehead atoms. The highest BCUT2D eigenvalue weighted by molar-refractivity contribution is 8.93. The number of rotatable bonds is 2. The molecule has 0 heterocycles. The minimum atomic E-state index is 0. The van der Waals surface area contributed by atoms with Crippen LogP contribution < -0.4 is 5.32 Å². The second kappa shape index (κ2) is 5.41. The van der Waals surface area contributed by atoms with Crippen LogP contribution in [-0.2, 0) is 6.54 Å². The molecular formula is C8H11BrClNO. The van der Waals surface area contributed by atoms with Crippen LogP contribution >= 0.6 is 28.6 Å². The number of nitrogens with one attached hydrogen (secondary N) is 1. The molecule has 0 aliphatic carbocycles. The first-order valence-corrected chi connectivity index (χ1v) is 3.74. The third-order valence-electron chi connectivity index (χ3n) is 1.39. The molecule has 0 saturated heterocycles. The quantitative estimate of drug-likeness (QED) is 0.847. The average molecular weight is 253 g/mol. The summed E-state index contributed by atoms with van der Waals surface area (Å²) in [4.78, 5) is 0. The van der Waals surface area contributed by atoms with Gasteiger partial charge in [0.15, 0.2) is 0 Å². The van der Waals surface area contributed by atoms with E-state index in [9.17, 15) is 0 Å². The molecule has 68 valence electrons. The highest BCUT2D eigenvalue weighted by Crippen LogP contribution is 2.23. The molecule has 4 heteroatoms. The summed E-state index contributed by atoms with van der Waals surface area (Å²) in [6, 6.07) is 5.17. The first-order chi connectivity index (χ1) is 5.24. The van der Waals surface area contributed by atoms with Crippen LogP contribution in [-0.4, -0.2) is 12.2 Å². The standard InChI is InChI=1S/C8H10ClNO.BrH/c1-10-5-6-2-3-8(11)7(9)4-6;/h2-4,10-11H,5H2,1H3;1H. The van der Waals surface area contributed by atoms with E-state index in [1.807, 2.05) is 13.1 Å². The van der Waals surface area contributed by atoms with Gasteiger partial charge in [0.1, 0.15) is 5.75 Å². The largest absolute Gasteiger partial charge is 0.506 e.